The van der Waals surface area contributed by atoms with E-state index in [1.165, 1.54) is 5.56 Å². The number of nitriles is 1. The molecule has 1 rings (SSSR count). The number of aliphatic hydroxyl groups is 1. The van der Waals surface area contributed by atoms with Gasteiger partial charge in [0.05, 0.1) is 6.10 Å². The minimum atomic E-state index is -0.601. The van der Waals surface area contributed by atoms with Gasteiger partial charge in [-0.25, -0.2) is 0 Å². The summed E-state index contributed by atoms with van der Waals surface area (Å²) < 4.78 is 5.35. The van der Waals surface area contributed by atoms with Crippen LogP contribution in [-0.2, 0) is 0 Å². The molecule has 1 unspecified atom stereocenters. The topological polar surface area (TPSA) is 53.2 Å². The van der Waals surface area contributed by atoms with E-state index in [1.54, 1.807) is 0 Å². The average Bonchev–Trinajstić information content (AvgIpc) is 2.25. The molecule has 1 N–H and O–H groups in total. The van der Waals surface area contributed by atoms with Crippen molar-refractivity contribution in [2.75, 3.05) is 12.4 Å². The van der Waals surface area contributed by atoms with Crippen molar-refractivity contribution in [2.45, 2.75) is 13.0 Å². The molecule has 0 radical (unpaired) electrons. The van der Waals surface area contributed by atoms with Crippen LogP contribution in [0.3, 0.4) is 0 Å². The summed E-state index contributed by atoms with van der Waals surface area (Å²) in [6, 6.07) is 7.62. The first-order chi connectivity index (χ1) is 7.22. The zero-order chi connectivity index (χ0) is 11.1. The van der Waals surface area contributed by atoms with Crippen LogP contribution in [0.25, 0.3) is 0 Å². The van der Waals surface area contributed by atoms with Gasteiger partial charge in [0.25, 0.3) is 0 Å². The maximum Gasteiger partial charge on any atom is 0.133 e. The van der Waals surface area contributed by atoms with Crippen molar-refractivity contribution < 1.29 is 9.84 Å². The number of aryl methyl sites for hydroxylation is 1. The Labute approximate surface area is 93.7 Å². The second-order valence-electron chi connectivity index (χ2n) is 3.18. The third-order valence-corrected chi connectivity index (χ3v) is 2.48. The molecule has 0 saturated heterocycles. The molecule has 0 fully saturated rings. The molecule has 3 nitrogen and oxygen atoms in total. The number of ether oxygens (including phenoxy) is 1. The van der Waals surface area contributed by atoms with E-state index in [2.05, 4.69) is 0 Å². The van der Waals surface area contributed by atoms with Gasteiger partial charge in [-0.15, -0.1) is 0 Å². The molecule has 1 aromatic rings. The zero-order valence-electron chi connectivity index (χ0n) is 8.51. The van der Waals surface area contributed by atoms with Gasteiger partial charge < -0.3 is 9.84 Å². The number of hydrogen-bond donors (Lipinski definition) is 1. The van der Waals surface area contributed by atoms with Crippen LogP contribution in [0.2, 0.25) is 0 Å². The molecule has 80 valence electrons. The Morgan fingerprint density at radius 2 is 2.13 bits per heavy atom. The maximum absolute atomic E-state index is 9.40. The molecule has 0 bridgehead atoms. The smallest absolute Gasteiger partial charge is 0.133 e. The van der Waals surface area contributed by atoms with E-state index in [0.29, 0.717) is 5.75 Å². The third kappa shape index (κ3) is 4.73. The van der Waals surface area contributed by atoms with Gasteiger partial charge in [-0.05, 0) is 30.8 Å². The monoisotopic (exact) mass is 223 g/mol. The molecule has 0 aliphatic heterocycles. The number of thioether (sulfide) groups is 1. The second-order valence-corrected chi connectivity index (χ2v) is 3.98. The summed E-state index contributed by atoms with van der Waals surface area (Å²) >= 11 is 1.03. The molecule has 0 spiro atoms. The zero-order valence-corrected chi connectivity index (χ0v) is 9.33. The fourth-order valence-corrected chi connectivity index (χ4v) is 1.37. The molecule has 0 heterocycles. The van der Waals surface area contributed by atoms with Gasteiger partial charge in [0.15, 0.2) is 0 Å². The third-order valence-electron chi connectivity index (χ3n) is 1.80. The summed E-state index contributed by atoms with van der Waals surface area (Å²) in [6.45, 7) is 2.22. The quantitative estimate of drug-likeness (QED) is 0.775. The Kier molecular flexibility index (Phi) is 5.02. The lowest BCUT2D eigenvalue weighted by Gasteiger charge is -2.10. The largest absolute Gasteiger partial charge is 0.491 e. The molecule has 15 heavy (non-hydrogen) atoms. The normalized spacial score (nSPS) is 11.8. The van der Waals surface area contributed by atoms with Crippen LogP contribution < -0.4 is 4.74 Å². The van der Waals surface area contributed by atoms with Crippen LogP contribution in [0.1, 0.15) is 5.56 Å². The molecule has 4 heteroatoms. The first kappa shape index (κ1) is 11.9. The Balaban J connectivity index is 2.31. The van der Waals surface area contributed by atoms with E-state index in [9.17, 15) is 5.11 Å². The van der Waals surface area contributed by atoms with E-state index in [-0.39, 0.29) is 6.61 Å². The van der Waals surface area contributed by atoms with E-state index in [1.807, 2.05) is 36.6 Å². The second kappa shape index (κ2) is 6.33. The van der Waals surface area contributed by atoms with E-state index in [4.69, 9.17) is 10.00 Å². The number of hydrogen-bond acceptors (Lipinski definition) is 4. The van der Waals surface area contributed by atoms with Crippen LogP contribution >= 0.6 is 11.8 Å². The van der Waals surface area contributed by atoms with E-state index < -0.39 is 6.10 Å². The predicted molar refractivity (Wildman–Crippen MR) is 60.8 cm³/mol. The van der Waals surface area contributed by atoms with Gasteiger partial charge in [0.2, 0.25) is 0 Å². The van der Waals surface area contributed by atoms with Crippen molar-refractivity contribution in [2.24, 2.45) is 0 Å². The molecule has 0 saturated carbocycles. The molecular formula is C11H13NO2S. The Morgan fingerprint density at radius 1 is 1.47 bits per heavy atom. The van der Waals surface area contributed by atoms with Crippen molar-refractivity contribution in [1.29, 1.82) is 5.26 Å². The standard InChI is InChI=1S/C11H13NO2S/c1-9-2-4-11(5-3-9)14-6-10(13)7-15-8-12/h2-5,10,13H,6-7H2,1H3. The highest BCUT2D eigenvalue weighted by atomic mass is 32.2. The summed E-state index contributed by atoms with van der Waals surface area (Å²) in [5.41, 5.74) is 1.17. The van der Waals surface area contributed by atoms with Gasteiger partial charge >= 0.3 is 0 Å². The number of benzene rings is 1. The van der Waals surface area contributed by atoms with Crippen molar-refractivity contribution in [3.8, 4) is 11.2 Å². The highest BCUT2D eigenvalue weighted by Crippen LogP contribution is 2.12. The average molecular weight is 223 g/mol. The van der Waals surface area contributed by atoms with E-state index in [0.717, 1.165) is 17.5 Å². The van der Waals surface area contributed by atoms with Crippen molar-refractivity contribution in [1.82, 2.24) is 0 Å². The highest BCUT2D eigenvalue weighted by Gasteiger charge is 2.04. The first-order valence-electron chi connectivity index (χ1n) is 4.61. The summed E-state index contributed by atoms with van der Waals surface area (Å²) in [5.74, 6) is 1.11. The maximum atomic E-state index is 9.40. The lowest BCUT2D eigenvalue weighted by molar-refractivity contribution is 0.126. The van der Waals surface area contributed by atoms with Gasteiger partial charge in [-0.1, -0.05) is 17.7 Å². The lowest BCUT2D eigenvalue weighted by atomic mass is 10.2. The molecule has 1 atom stereocenters. The van der Waals surface area contributed by atoms with Gasteiger partial charge in [-0.2, -0.15) is 5.26 Å². The predicted octanol–water partition coefficient (Wildman–Crippen LogP) is 1.95. The van der Waals surface area contributed by atoms with Crippen LogP contribution in [0.4, 0.5) is 0 Å². The molecular weight excluding hydrogens is 210 g/mol. The molecule has 0 aliphatic rings. The van der Waals surface area contributed by atoms with Gasteiger partial charge in [0.1, 0.15) is 17.8 Å². The van der Waals surface area contributed by atoms with Crippen LogP contribution in [-0.4, -0.2) is 23.6 Å². The molecule has 0 aliphatic carbocycles. The Bertz CT molecular complexity index is 331. The number of aliphatic hydroxyl groups excluding tert-OH is 1. The van der Waals surface area contributed by atoms with Crippen LogP contribution in [0.5, 0.6) is 5.75 Å². The number of nitrogens with zero attached hydrogens (tertiary/aromatic N) is 1. The summed E-state index contributed by atoms with van der Waals surface area (Å²) in [4.78, 5) is 0. The molecule has 0 amide bonds. The van der Waals surface area contributed by atoms with Crippen LogP contribution in [0, 0.1) is 17.6 Å². The fraction of sp³-hybridized carbons (Fsp3) is 0.364. The number of rotatable bonds is 5. The van der Waals surface area contributed by atoms with Crippen molar-refractivity contribution in [3.63, 3.8) is 0 Å². The van der Waals surface area contributed by atoms with Crippen molar-refractivity contribution >= 4 is 11.8 Å². The summed E-state index contributed by atoms with van der Waals surface area (Å²) in [7, 11) is 0. The van der Waals surface area contributed by atoms with Crippen LogP contribution in [0.15, 0.2) is 24.3 Å². The fourth-order valence-electron chi connectivity index (χ4n) is 1.01. The van der Waals surface area contributed by atoms with Gasteiger partial charge in [0, 0.05) is 5.75 Å². The SMILES string of the molecule is Cc1ccc(OCC(O)CSC#N)cc1. The van der Waals surface area contributed by atoms with Crippen molar-refractivity contribution in [3.05, 3.63) is 29.8 Å². The van der Waals surface area contributed by atoms with E-state index >= 15 is 0 Å². The summed E-state index contributed by atoms with van der Waals surface area (Å²) in [5, 5.41) is 19.6. The summed E-state index contributed by atoms with van der Waals surface area (Å²) in [6.07, 6.45) is -0.601. The minimum Gasteiger partial charge on any atom is -0.491 e. The minimum absolute atomic E-state index is 0.220. The molecule has 0 aromatic heterocycles. The number of thiocyanates is 1. The van der Waals surface area contributed by atoms with Gasteiger partial charge in [-0.3, -0.25) is 0 Å². The molecule has 1 aromatic carbocycles. The highest BCUT2D eigenvalue weighted by molar-refractivity contribution is 8.03. The Morgan fingerprint density at radius 3 is 2.73 bits per heavy atom. The Hall–Kier alpha value is -1.18. The first-order valence-corrected chi connectivity index (χ1v) is 5.59. The lowest BCUT2D eigenvalue weighted by Crippen LogP contribution is -2.19.